The van der Waals surface area contributed by atoms with E-state index >= 15 is 0 Å². The van der Waals surface area contributed by atoms with E-state index in [1.165, 1.54) is 6.08 Å². The molecule has 1 aliphatic rings. The summed E-state index contributed by atoms with van der Waals surface area (Å²) in [6.07, 6.45) is -2.21. The molecular formula is C10H13F3O3. The van der Waals surface area contributed by atoms with Gasteiger partial charge in [0.15, 0.2) is 5.60 Å². The molecule has 1 unspecified atom stereocenters. The van der Waals surface area contributed by atoms with Gasteiger partial charge in [-0.2, -0.15) is 13.2 Å². The highest BCUT2D eigenvalue weighted by molar-refractivity contribution is 5.81. The zero-order valence-corrected chi connectivity index (χ0v) is 8.84. The first-order valence-electron chi connectivity index (χ1n) is 4.91. The number of halogens is 3. The van der Waals surface area contributed by atoms with Crippen LogP contribution in [0.25, 0.3) is 0 Å². The van der Waals surface area contributed by atoms with Crippen molar-refractivity contribution in [1.29, 1.82) is 0 Å². The molecule has 0 saturated carbocycles. The fourth-order valence-electron chi connectivity index (χ4n) is 1.41. The third-order valence-electron chi connectivity index (χ3n) is 2.45. The van der Waals surface area contributed by atoms with Crippen LogP contribution in [0, 0.1) is 0 Å². The van der Waals surface area contributed by atoms with Crippen LogP contribution in [-0.4, -0.2) is 31.0 Å². The van der Waals surface area contributed by atoms with Gasteiger partial charge < -0.3 is 9.47 Å². The zero-order valence-electron chi connectivity index (χ0n) is 8.84. The minimum absolute atomic E-state index is 0.0718. The molecule has 0 aromatic rings. The highest BCUT2D eigenvalue weighted by Crippen LogP contribution is 2.44. The number of esters is 1. The molecule has 0 aliphatic carbocycles. The van der Waals surface area contributed by atoms with Gasteiger partial charge in [-0.1, -0.05) is 6.08 Å². The van der Waals surface area contributed by atoms with Crippen molar-refractivity contribution in [3.8, 4) is 0 Å². The number of ether oxygens (including phenoxy) is 2. The summed E-state index contributed by atoms with van der Waals surface area (Å²) in [5.41, 5.74) is -2.11. The van der Waals surface area contributed by atoms with Gasteiger partial charge in [-0.05, 0) is 6.92 Å². The van der Waals surface area contributed by atoms with Crippen LogP contribution in [0.15, 0.2) is 12.2 Å². The number of rotatable bonds is 4. The zero-order chi connectivity index (χ0) is 12.2. The molecule has 0 amide bonds. The Labute approximate surface area is 91.2 Å². The molecular weight excluding hydrogens is 225 g/mol. The average molecular weight is 238 g/mol. The molecule has 0 N–H and O–H groups in total. The number of hydrogen-bond donors (Lipinski definition) is 0. The summed E-state index contributed by atoms with van der Waals surface area (Å²) < 4.78 is 46.8. The summed E-state index contributed by atoms with van der Waals surface area (Å²) >= 11 is 0. The quantitative estimate of drug-likeness (QED) is 0.556. The Kier molecular flexibility index (Phi) is 3.96. The van der Waals surface area contributed by atoms with Gasteiger partial charge in [0.2, 0.25) is 0 Å². The van der Waals surface area contributed by atoms with E-state index in [1.807, 2.05) is 0 Å². The number of alkyl halides is 3. The lowest BCUT2D eigenvalue weighted by Crippen LogP contribution is -2.56. The van der Waals surface area contributed by atoms with Crippen molar-refractivity contribution in [3.63, 3.8) is 0 Å². The molecule has 1 aliphatic heterocycles. The Bertz CT molecular complexity index is 280. The third-order valence-corrected chi connectivity index (χ3v) is 2.45. The lowest BCUT2D eigenvalue weighted by atomic mass is 9.90. The summed E-state index contributed by atoms with van der Waals surface area (Å²) in [6.45, 7) is 1.43. The van der Waals surface area contributed by atoms with Crippen molar-refractivity contribution in [1.82, 2.24) is 0 Å². The SMILES string of the molecule is CC=CC(=O)OCCC1(C(F)(F)F)CCO1. The molecule has 1 saturated heterocycles. The van der Waals surface area contributed by atoms with Gasteiger partial charge in [-0.3, -0.25) is 0 Å². The van der Waals surface area contributed by atoms with E-state index in [9.17, 15) is 18.0 Å². The van der Waals surface area contributed by atoms with Gasteiger partial charge in [0.05, 0.1) is 13.2 Å². The van der Waals surface area contributed by atoms with Crippen LogP contribution in [0.2, 0.25) is 0 Å². The van der Waals surface area contributed by atoms with Crippen molar-refractivity contribution >= 4 is 5.97 Å². The maximum absolute atomic E-state index is 12.5. The first-order valence-corrected chi connectivity index (χ1v) is 4.91. The second-order valence-corrected chi connectivity index (χ2v) is 3.51. The van der Waals surface area contributed by atoms with Crippen molar-refractivity contribution < 1.29 is 27.4 Å². The van der Waals surface area contributed by atoms with E-state index in [2.05, 4.69) is 9.47 Å². The molecule has 6 heteroatoms. The monoisotopic (exact) mass is 238 g/mol. The lowest BCUT2D eigenvalue weighted by Gasteiger charge is -2.42. The van der Waals surface area contributed by atoms with Crippen molar-refractivity contribution in [2.45, 2.75) is 31.5 Å². The molecule has 3 nitrogen and oxygen atoms in total. The van der Waals surface area contributed by atoms with E-state index in [-0.39, 0.29) is 26.1 Å². The van der Waals surface area contributed by atoms with E-state index in [0.717, 1.165) is 6.08 Å². The van der Waals surface area contributed by atoms with Crippen molar-refractivity contribution in [3.05, 3.63) is 12.2 Å². The summed E-state index contributed by atoms with van der Waals surface area (Å²) in [6, 6.07) is 0. The average Bonchev–Trinajstić information content (AvgIpc) is 2.07. The molecule has 1 atom stereocenters. The number of carbonyl (C=O) groups excluding carboxylic acids is 1. The van der Waals surface area contributed by atoms with E-state index < -0.39 is 17.7 Å². The van der Waals surface area contributed by atoms with Crippen molar-refractivity contribution in [2.24, 2.45) is 0 Å². The number of hydrogen-bond acceptors (Lipinski definition) is 3. The van der Waals surface area contributed by atoms with Gasteiger partial charge in [0, 0.05) is 18.9 Å². The molecule has 0 aromatic carbocycles. The van der Waals surface area contributed by atoms with Crippen LogP contribution in [-0.2, 0) is 14.3 Å². The van der Waals surface area contributed by atoms with Gasteiger partial charge in [-0.15, -0.1) is 0 Å². The minimum atomic E-state index is -4.40. The smallest absolute Gasteiger partial charge is 0.417 e. The van der Waals surface area contributed by atoms with Gasteiger partial charge in [0.25, 0.3) is 0 Å². The highest BCUT2D eigenvalue weighted by atomic mass is 19.4. The van der Waals surface area contributed by atoms with Crippen LogP contribution in [0.5, 0.6) is 0 Å². The van der Waals surface area contributed by atoms with Gasteiger partial charge in [0.1, 0.15) is 0 Å². The van der Waals surface area contributed by atoms with Crippen LogP contribution in [0.1, 0.15) is 19.8 Å². The largest absolute Gasteiger partial charge is 0.462 e. The molecule has 92 valence electrons. The molecule has 0 aromatic heterocycles. The van der Waals surface area contributed by atoms with Crippen LogP contribution >= 0.6 is 0 Å². The van der Waals surface area contributed by atoms with E-state index in [4.69, 9.17) is 0 Å². The second kappa shape index (κ2) is 4.86. The van der Waals surface area contributed by atoms with Gasteiger partial charge in [-0.25, -0.2) is 4.79 Å². The Morgan fingerprint density at radius 2 is 2.19 bits per heavy atom. The first kappa shape index (κ1) is 13.0. The standard InChI is InChI=1S/C10H13F3O3/c1-2-3-8(14)15-6-4-9(5-7-16-9)10(11,12)13/h2-3H,4-7H2,1H3. The van der Waals surface area contributed by atoms with E-state index in [0.29, 0.717) is 0 Å². The predicted octanol–water partition coefficient (Wildman–Crippen LogP) is 2.22. The summed E-state index contributed by atoms with van der Waals surface area (Å²) in [5, 5.41) is 0. The molecule has 1 fully saturated rings. The Balaban J connectivity index is 2.39. The molecule has 0 spiro atoms. The first-order chi connectivity index (χ1) is 7.41. The molecule has 16 heavy (non-hydrogen) atoms. The van der Waals surface area contributed by atoms with Crippen LogP contribution in [0.3, 0.4) is 0 Å². The Hall–Kier alpha value is -1.04. The topological polar surface area (TPSA) is 35.5 Å². The highest BCUT2D eigenvalue weighted by Gasteiger charge is 2.59. The fourth-order valence-corrected chi connectivity index (χ4v) is 1.41. The predicted molar refractivity (Wildman–Crippen MR) is 49.7 cm³/mol. The normalized spacial score (nSPS) is 25.5. The maximum atomic E-state index is 12.5. The fraction of sp³-hybridized carbons (Fsp3) is 0.700. The maximum Gasteiger partial charge on any atom is 0.417 e. The summed E-state index contributed by atoms with van der Waals surface area (Å²) in [7, 11) is 0. The minimum Gasteiger partial charge on any atom is -0.462 e. The number of carbonyl (C=O) groups is 1. The molecule has 1 heterocycles. The summed E-state index contributed by atoms with van der Waals surface area (Å²) in [4.78, 5) is 10.9. The van der Waals surface area contributed by atoms with Crippen molar-refractivity contribution in [2.75, 3.05) is 13.2 Å². The van der Waals surface area contributed by atoms with Crippen LogP contribution < -0.4 is 0 Å². The summed E-state index contributed by atoms with van der Waals surface area (Å²) in [5.74, 6) is -0.640. The lowest BCUT2D eigenvalue weighted by molar-refractivity contribution is -0.329. The molecule has 0 radical (unpaired) electrons. The van der Waals surface area contributed by atoms with Gasteiger partial charge >= 0.3 is 12.1 Å². The van der Waals surface area contributed by atoms with E-state index in [1.54, 1.807) is 6.92 Å². The molecule has 0 bridgehead atoms. The third kappa shape index (κ3) is 2.75. The van der Waals surface area contributed by atoms with Crippen LogP contribution in [0.4, 0.5) is 13.2 Å². The Morgan fingerprint density at radius 1 is 1.56 bits per heavy atom. The second-order valence-electron chi connectivity index (χ2n) is 3.51. The number of allylic oxidation sites excluding steroid dienone is 1. The Morgan fingerprint density at radius 3 is 2.56 bits per heavy atom. The molecule has 1 rings (SSSR count).